The van der Waals surface area contributed by atoms with Crippen molar-refractivity contribution in [3.63, 3.8) is 0 Å². The van der Waals surface area contributed by atoms with E-state index in [1.165, 1.54) is 0 Å². The third-order valence-corrected chi connectivity index (χ3v) is 5.49. The van der Waals surface area contributed by atoms with Crippen molar-refractivity contribution < 1.29 is 18.5 Å². The fraction of sp³-hybridized carbons (Fsp3) is 0.200. The number of hydrogen-bond acceptors (Lipinski definition) is 4. The van der Waals surface area contributed by atoms with E-state index >= 15 is 0 Å². The Hall–Kier alpha value is -2.73. The van der Waals surface area contributed by atoms with Crippen molar-refractivity contribution in [2.24, 2.45) is 0 Å². The highest BCUT2D eigenvalue weighted by molar-refractivity contribution is 7.85. The summed E-state index contributed by atoms with van der Waals surface area (Å²) in [5, 5.41) is 0.804. The Morgan fingerprint density at radius 2 is 1.77 bits per heavy atom. The molecule has 0 saturated heterocycles. The lowest BCUT2D eigenvalue weighted by Crippen LogP contribution is -2.16. The van der Waals surface area contributed by atoms with Crippen LogP contribution in [-0.2, 0) is 15.5 Å². The van der Waals surface area contributed by atoms with Gasteiger partial charge in [0.15, 0.2) is 6.61 Å². The third kappa shape index (κ3) is 3.46. The highest BCUT2D eigenvalue weighted by Crippen LogP contribution is 2.22. The van der Waals surface area contributed by atoms with Crippen molar-refractivity contribution in [2.75, 3.05) is 12.4 Å². The van der Waals surface area contributed by atoms with Crippen LogP contribution >= 0.6 is 0 Å². The van der Waals surface area contributed by atoms with Gasteiger partial charge in [0.1, 0.15) is 0 Å². The van der Waals surface area contributed by atoms with Gasteiger partial charge in [-0.25, -0.2) is 4.79 Å². The van der Waals surface area contributed by atoms with Gasteiger partial charge in [-0.1, -0.05) is 37.3 Å². The molecule has 134 valence electrons. The SMILES string of the molecule is CC[S@@](=O)c1ccccc1C(=O)OCC(=O)c1c(C)[nH]c2ccccc12. The zero-order valence-electron chi connectivity index (χ0n) is 14.6. The van der Waals surface area contributed by atoms with Gasteiger partial charge in [-0.2, -0.15) is 0 Å². The Bertz CT molecular complexity index is 1010. The normalized spacial score (nSPS) is 12.1. The lowest BCUT2D eigenvalue weighted by Gasteiger charge is -2.08. The number of benzene rings is 2. The Labute approximate surface area is 153 Å². The molecule has 0 amide bonds. The van der Waals surface area contributed by atoms with Crippen molar-refractivity contribution in [1.82, 2.24) is 4.98 Å². The summed E-state index contributed by atoms with van der Waals surface area (Å²) in [6, 6.07) is 14.1. The number of esters is 1. The monoisotopic (exact) mass is 369 g/mol. The minimum absolute atomic E-state index is 0.233. The number of H-pyrrole nitrogens is 1. The maximum absolute atomic E-state index is 12.6. The van der Waals surface area contributed by atoms with Gasteiger partial charge in [0.25, 0.3) is 0 Å². The minimum atomic E-state index is -1.28. The molecule has 6 heteroatoms. The van der Waals surface area contributed by atoms with E-state index in [2.05, 4.69) is 4.98 Å². The molecule has 26 heavy (non-hydrogen) atoms. The number of para-hydroxylation sites is 1. The van der Waals surface area contributed by atoms with E-state index in [1.807, 2.05) is 31.2 Å². The molecule has 0 spiro atoms. The molecule has 0 aliphatic carbocycles. The predicted octanol–water partition coefficient (Wildman–Crippen LogP) is 3.64. The summed E-state index contributed by atoms with van der Waals surface area (Å²) in [6.07, 6.45) is 0. The number of Topliss-reactive ketones (excluding diaryl/α,β-unsaturated/α-hetero) is 1. The predicted molar refractivity (Wildman–Crippen MR) is 101 cm³/mol. The number of aryl methyl sites for hydroxylation is 1. The van der Waals surface area contributed by atoms with Crippen LogP contribution in [0.3, 0.4) is 0 Å². The summed E-state index contributed by atoms with van der Waals surface area (Å²) in [5.41, 5.74) is 2.36. The largest absolute Gasteiger partial charge is 0.454 e. The van der Waals surface area contributed by atoms with Gasteiger partial charge in [-0.05, 0) is 25.1 Å². The Kier molecular flexibility index (Phi) is 5.32. The Balaban J connectivity index is 1.79. The van der Waals surface area contributed by atoms with E-state index in [9.17, 15) is 13.8 Å². The lowest BCUT2D eigenvalue weighted by atomic mass is 10.1. The van der Waals surface area contributed by atoms with Crippen LogP contribution in [0.2, 0.25) is 0 Å². The van der Waals surface area contributed by atoms with E-state index in [1.54, 1.807) is 31.2 Å². The summed E-state index contributed by atoms with van der Waals surface area (Å²) < 4.78 is 17.3. The number of ether oxygens (including phenoxy) is 1. The highest BCUT2D eigenvalue weighted by Gasteiger charge is 2.20. The van der Waals surface area contributed by atoms with Gasteiger partial charge in [-0.3, -0.25) is 9.00 Å². The van der Waals surface area contributed by atoms with E-state index in [-0.39, 0.29) is 18.0 Å². The van der Waals surface area contributed by atoms with Crippen LogP contribution in [0.25, 0.3) is 10.9 Å². The number of aromatic amines is 1. The number of fused-ring (bicyclic) bond motifs is 1. The maximum atomic E-state index is 12.6. The minimum Gasteiger partial charge on any atom is -0.454 e. The van der Waals surface area contributed by atoms with Crippen molar-refractivity contribution in [2.45, 2.75) is 18.7 Å². The second-order valence-electron chi connectivity index (χ2n) is 5.80. The number of carbonyl (C=O) groups excluding carboxylic acids is 2. The van der Waals surface area contributed by atoms with Gasteiger partial charge in [-0.15, -0.1) is 0 Å². The average molecular weight is 369 g/mol. The molecule has 0 unspecified atom stereocenters. The molecular formula is C20H19NO4S. The molecule has 0 bridgehead atoms. The van der Waals surface area contributed by atoms with E-state index in [0.29, 0.717) is 16.2 Å². The summed E-state index contributed by atoms with van der Waals surface area (Å²) in [5.74, 6) is -0.520. The summed E-state index contributed by atoms with van der Waals surface area (Å²) in [7, 11) is -1.28. The number of ketones is 1. The third-order valence-electron chi connectivity index (χ3n) is 4.12. The highest BCUT2D eigenvalue weighted by atomic mass is 32.2. The fourth-order valence-corrected chi connectivity index (χ4v) is 3.84. The van der Waals surface area contributed by atoms with Crippen molar-refractivity contribution in [1.29, 1.82) is 0 Å². The molecule has 3 rings (SSSR count). The van der Waals surface area contributed by atoms with Gasteiger partial charge in [0.05, 0.1) is 21.3 Å². The number of rotatable bonds is 6. The van der Waals surface area contributed by atoms with Crippen LogP contribution in [0.15, 0.2) is 53.4 Å². The molecule has 2 aromatic carbocycles. The van der Waals surface area contributed by atoms with Crippen LogP contribution in [0, 0.1) is 6.92 Å². The van der Waals surface area contributed by atoms with Crippen LogP contribution in [0.4, 0.5) is 0 Å². The Morgan fingerprint density at radius 3 is 2.54 bits per heavy atom. The number of nitrogens with one attached hydrogen (secondary N) is 1. The summed E-state index contributed by atoms with van der Waals surface area (Å²) >= 11 is 0. The fourth-order valence-electron chi connectivity index (χ4n) is 2.91. The quantitative estimate of drug-likeness (QED) is 0.532. The molecular weight excluding hydrogens is 350 g/mol. The molecule has 1 atom stereocenters. The van der Waals surface area contributed by atoms with E-state index in [0.717, 1.165) is 16.6 Å². The maximum Gasteiger partial charge on any atom is 0.339 e. The summed E-state index contributed by atoms with van der Waals surface area (Å²) in [6.45, 7) is 3.23. The average Bonchev–Trinajstić information content (AvgIpc) is 3.01. The topological polar surface area (TPSA) is 76.2 Å². The summed E-state index contributed by atoms with van der Waals surface area (Å²) in [4.78, 5) is 28.6. The molecule has 0 aliphatic heterocycles. The second-order valence-corrected chi connectivity index (χ2v) is 7.51. The standard InChI is InChI=1S/C20H19NO4S/c1-3-26(24)18-11-7-5-9-15(18)20(23)25-12-17(22)19-13(2)21-16-10-6-4-8-14(16)19/h4-11,21H,3,12H2,1-2H3/t26-/m1/s1. The molecule has 5 nitrogen and oxygen atoms in total. The molecule has 0 aliphatic rings. The molecule has 3 aromatic rings. The van der Waals surface area contributed by atoms with Gasteiger partial charge >= 0.3 is 5.97 Å². The molecule has 0 saturated carbocycles. The first kappa shape index (κ1) is 18.1. The first-order valence-corrected chi connectivity index (χ1v) is 9.59. The van der Waals surface area contributed by atoms with Gasteiger partial charge < -0.3 is 9.72 Å². The molecule has 0 fully saturated rings. The molecule has 1 heterocycles. The first-order chi connectivity index (χ1) is 12.5. The second kappa shape index (κ2) is 7.66. The molecule has 0 radical (unpaired) electrons. The van der Waals surface area contributed by atoms with Crippen LogP contribution in [0.5, 0.6) is 0 Å². The van der Waals surface area contributed by atoms with Gasteiger partial charge in [0, 0.05) is 27.9 Å². The molecule has 1 N–H and O–H groups in total. The van der Waals surface area contributed by atoms with Crippen LogP contribution in [-0.4, -0.2) is 33.3 Å². The van der Waals surface area contributed by atoms with Crippen molar-refractivity contribution in [3.8, 4) is 0 Å². The number of aromatic nitrogens is 1. The molecule has 1 aromatic heterocycles. The van der Waals surface area contributed by atoms with Gasteiger partial charge in [0.2, 0.25) is 5.78 Å². The van der Waals surface area contributed by atoms with E-state index < -0.39 is 16.8 Å². The zero-order chi connectivity index (χ0) is 18.7. The first-order valence-electron chi connectivity index (χ1n) is 8.28. The van der Waals surface area contributed by atoms with Crippen LogP contribution in [0.1, 0.15) is 33.3 Å². The van der Waals surface area contributed by atoms with Crippen molar-refractivity contribution >= 4 is 33.5 Å². The number of hydrogen-bond donors (Lipinski definition) is 1. The van der Waals surface area contributed by atoms with Crippen LogP contribution < -0.4 is 0 Å². The van der Waals surface area contributed by atoms with E-state index in [4.69, 9.17) is 4.74 Å². The van der Waals surface area contributed by atoms with Crippen molar-refractivity contribution in [3.05, 3.63) is 65.4 Å². The zero-order valence-corrected chi connectivity index (χ0v) is 15.4. The lowest BCUT2D eigenvalue weighted by molar-refractivity contribution is 0.0471. The smallest absolute Gasteiger partial charge is 0.339 e. The number of carbonyl (C=O) groups is 2. The Morgan fingerprint density at radius 1 is 1.08 bits per heavy atom.